The second kappa shape index (κ2) is 4.20. The second-order valence-electron chi connectivity index (χ2n) is 4.33. The fourth-order valence-corrected chi connectivity index (χ4v) is 2.43. The third-order valence-corrected chi connectivity index (χ3v) is 3.40. The maximum atomic E-state index is 10.9. The first kappa shape index (κ1) is 11.9. The molecule has 0 saturated carbocycles. The molecule has 3 rings (SSSR count). The average molecular weight is 280 g/mol. The maximum absolute atomic E-state index is 10.9. The number of carbonyl (C=O) groups is 1. The normalized spacial score (nSPS) is 22.2. The van der Waals surface area contributed by atoms with Crippen molar-refractivity contribution >= 4 is 34.7 Å². The number of hydrogen-bond donors (Lipinski definition) is 2. The summed E-state index contributed by atoms with van der Waals surface area (Å²) in [7, 11) is 0. The smallest absolute Gasteiger partial charge is 0.310 e. The Hall–Kier alpha value is -2.15. The Morgan fingerprint density at radius 1 is 1.47 bits per heavy atom. The summed E-state index contributed by atoms with van der Waals surface area (Å²) in [6.07, 6.45) is 5.53. The van der Waals surface area contributed by atoms with E-state index in [4.69, 9.17) is 22.4 Å². The fourth-order valence-electron chi connectivity index (χ4n) is 2.21. The lowest BCUT2D eigenvalue weighted by Crippen LogP contribution is -2.12. The van der Waals surface area contributed by atoms with Crippen molar-refractivity contribution in [3.05, 3.63) is 23.6 Å². The molecule has 2 atom stereocenters. The van der Waals surface area contributed by atoms with Crippen LogP contribution in [-0.2, 0) is 4.79 Å². The second-order valence-corrected chi connectivity index (χ2v) is 4.69. The molecule has 0 aromatic carbocycles. The van der Waals surface area contributed by atoms with Gasteiger partial charge >= 0.3 is 5.97 Å². The summed E-state index contributed by atoms with van der Waals surface area (Å²) < 4.78 is 1.76. The van der Waals surface area contributed by atoms with Crippen molar-refractivity contribution in [3.63, 3.8) is 0 Å². The Balaban J connectivity index is 2.03. The molecule has 1 aliphatic carbocycles. The third-order valence-electron chi connectivity index (χ3n) is 3.13. The van der Waals surface area contributed by atoms with Crippen LogP contribution in [0.1, 0.15) is 12.5 Å². The van der Waals surface area contributed by atoms with Crippen molar-refractivity contribution in [2.45, 2.75) is 12.5 Å². The number of fused-ring (bicyclic) bond motifs is 1. The van der Waals surface area contributed by atoms with Crippen LogP contribution in [0.4, 0.5) is 5.95 Å². The van der Waals surface area contributed by atoms with E-state index in [0.29, 0.717) is 17.6 Å². The number of aliphatic carboxylic acids is 1. The number of carboxylic acids is 1. The van der Waals surface area contributed by atoms with Crippen LogP contribution >= 0.6 is 11.6 Å². The molecule has 0 spiro atoms. The van der Waals surface area contributed by atoms with Gasteiger partial charge in [-0.3, -0.25) is 4.79 Å². The Labute approximate surface area is 112 Å². The van der Waals surface area contributed by atoms with Gasteiger partial charge in [0.2, 0.25) is 5.95 Å². The van der Waals surface area contributed by atoms with E-state index in [0.717, 1.165) is 0 Å². The number of nitrogens with two attached hydrogens (primary N) is 1. The minimum absolute atomic E-state index is 0.0658. The van der Waals surface area contributed by atoms with Crippen molar-refractivity contribution in [2.75, 3.05) is 5.73 Å². The van der Waals surface area contributed by atoms with Crippen molar-refractivity contribution in [3.8, 4) is 0 Å². The lowest BCUT2D eigenvalue weighted by molar-refractivity contribution is -0.140. The van der Waals surface area contributed by atoms with E-state index >= 15 is 0 Å². The molecule has 1 aliphatic rings. The number of rotatable bonds is 2. The number of carboxylic acid groups (broad SMARTS) is 1. The van der Waals surface area contributed by atoms with E-state index in [1.807, 2.05) is 6.08 Å². The molecule has 0 amide bonds. The number of imidazole rings is 1. The molecular weight excluding hydrogens is 270 g/mol. The predicted octanol–water partition coefficient (Wildman–Crippen LogP) is 1.26. The Kier molecular flexibility index (Phi) is 2.63. The first-order valence-corrected chi connectivity index (χ1v) is 6.00. The number of allylic oxidation sites excluding steroid dienone is 1. The summed E-state index contributed by atoms with van der Waals surface area (Å²) in [5, 5.41) is 9.18. The molecule has 7 nitrogen and oxygen atoms in total. The van der Waals surface area contributed by atoms with Gasteiger partial charge in [0.15, 0.2) is 10.8 Å². The van der Waals surface area contributed by atoms with Gasteiger partial charge in [-0.05, 0) is 6.42 Å². The van der Waals surface area contributed by atoms with E-state index < -0.39 is 11.9 Å². The molecule has 0 saturated heterocycles. The highest BCUT2D eigenvalue weighted by atomic mass is 35.5. The van der Waals surface area contributed by atoms with E-state index in [1.54, 1.807) is 17.0 Å². The van der Waals surface area contributed by atoms with Crippen LogP contribution in [0.2, 0.25) is 5.15 Å². The predicted molar refractivity (Wildman–Crippen MR) is 68.7 cm³/mol. The largest absolute Gasteiger partial charge is 0.481 e. The Morgan fingerprint density at radius 2 is 2.26 bits per heavy atom. The topological polar surface area (TPSA) is 107 Å². The fraction of sp³-hybridized carbons (Fsp3) is 0.273. The van der Waals surface area contributed by atoms with E-state index in [-0.39, 0.29) is 17.1 Å². The number of nitrogen functional groups attached to an aromatic ring is 1. The van der Waals surface area contributed by atoms with Gasteiger partial charge in [0.25, 0.3) is 0 Å². The zero-order valence-electron chi connectivity index (χ0n) is 9.69. The first-order chi connectivity index (χ1) is 9.06. The van der Waals surface area contributed by atoms with E-state index in [9.17, 15) is 4.79 Å². The Morgan fingerprint density at radius 3 is 2.95 bits per heavy atom. The summed E-state index contributed by atoms with van der Waals surface area (Å²) in [4.78, 5) is 23.0. The number of halogens is 1. The molecule has 0 unspecified atom stereocenters. The lowest BCUT2D eigenvalue weighted by atomic mass is 10.1. The first-order valence-electron chi connectivity index (χ1n) is 5.63. The molecule has 98 valence electrons. The van der Waals surface area contributed by atoms with Crippen LogP contribution in [0.25, 0.3) is 11.2 Å². The molecule has 2 aromatic rings. The summed E-state index contributed by atoms with van der Waals surface area (Å²) in [5.74, 6) is -1.26. The summed E-state index contributed by atoms with van der Waals surface area (Å²) in [6.45, 7) is 0. The van der Waals surface area contributed by atoms with Crippen LogP contribution < -0.4 is 5.73 Å². The van der Waals surface area contributed by atoms with Crippen LogP contribution in [0.3, 0.4) is 0 Å². The molecule has 19 heavy (non-hydrogen) atoms. The monoisotopic (exact) mass is 279 g/mol. The molecule has 0 aliphatic heterocycles. The molecule has 0 radical (unpaired) electrons. The highest BCUT2D eigenvalue weighted by Gasteiger charge is 2.27. The van der Waals surface area contributed by atoms with Gasteiger partial charge in [-0.25, -0.2) is 4.98 Å². The van der Waals surface area contributed by atoms with Crippen molar-refractivity contribution in [1.82, 2.24) is 19.5 Å². The number of aromatic nitrogens is 4. The zero-order chi connectivity index (χ0) is 13.6. The minimum atomic E-state index is -0.838. The van der Waals surface area contributed by atoms with Crippen molar-refractivity contribution in [1.29, 1.82) is 0 Å². The SMILES string of the molecule is Nc1nc(Cl)c2ncn([C@H]3C=C[C@@H](C(=O)O)C3)c2n1. The molecule has 0 bridgehead atoms. The molecule has 0 fully saturated rings. The number of hydrogen-bond acceptors (Lipinski definition) is 5. The summed E-state index contributed by atoms with van der Waals surface area (Å²) >= 11 is 5.94. The third kappa shape index (κ3) is 1.91. The Bertz CT molecular complexity index is 696. The molecule has 2 aromatic heterocycles. The highest BCUT2D eigenvalue weighted by molar-refractivity contribution is 6.33. The van der Waals surface area contributed by atoms with Crippen LogP contribution in [0.5, 0.6) is 0 Å². The van der Waals surface area contributed by atoms with Crippen molar-refractivity contribution < 1.29 is 9.90 Å². The average Bonchev–Trinajstić information content (AvgIpc) is 2.93. The maximum Gasteiger partial charge on any atom is 0.310 e. The van der Waals surface area contributed by atoms with Crippen molar-refractivity contribution in [2.24, 2.45) is 5.92 Å². The van der Waals surface area contributed by atoms with Crippen LogP contribution in [-0.4, -0.2) is 30.6 Å². The molecular formula is C11H10ClN5O2. The van der Waals surface area contributed by atoms with Gasteiger partial charge in [-0.2, -0.15) is 9.97 Å². The van der Waals surface area contributed by atoms with Gasteiger partial charge in [0.1, 0.15) is 5.52 Å². The quantitative estimate of drug-likeness (QED) is 0.633. The van der Waals surface area contributed by atoms with Gasteiger partial charge in [0.05, 0.1) is 18.3 Å². The molecule has 2 heterocycles. The lowest BCUT2D eigenvalue weighted by Gasteiger charge is -2.11. The summed E-state index contributed by atoms with van der Waals surface area (Å²) in [6, 6.07) is -0.114. The number of nitrogens with zero attached hydrogens (tertiary/aromatic N) is 4. The number of anilines is 1. The van der Waals surface area contributed by atoms with E-state index in [1.165, 1.54) is 0 Å². The molecule has 3 N–H and O–H groups in total. The zero-order valence-corrected chi connectivity index (χ0v) is 10.4. The summed E-state index contributed by atoms with van der Waals surface area (Å²) in [5.41, 5.74) is 6.54. The minimum Gasteiger partial charge on any atom is -0.481 e. The van der Waals surface area contributed by atoms with Gasteiger partial charge in [-0.1, -0.05) is 23.8 Å². The standard InChI is InChI=1S/C11H10ClN5O2/c12-8-7-9(16-11(13)15-8)17(4-14-7)6-2-1-5(3-6)10(18)19/h1-2,4-6H,3H2,(H,18,19)(H2,13,15,16)/t5-,6+/m1/s1. The molecule has 8 heteroatoms. The van der Waals surface area contributed by atoms with E-state index in [2.05, 4.69) is 15.0 Å². The van der Waals surface area contributed by atoms with Gasteiger partial charge in [-0.15, -0.1) is 0 Å². The van der Waals surface area contributed by atoms with Crippen LogP contribution in [0, 0.1) is 5.92 Å². The van der Waals surface area contributed by atoms with Crippen LogP contribution in [0.15, 0.2) is 18.5 Å². The van der Waals surface area contributed by atoms with Gasteiger partial charge < -0.3 is 15.4 Å². The van der Waals surface area contributed by atoms with Gasteiger partial charge in [0, 0.05) is 0 Å². The highest BCUT2D eigenvalue weighted by Crippen LogP contribution is 2.31.